The highest BCUT2D eigenvalue weighted by molar-refractivity contribution is 7.90. The number of carbonyl (C=O) groups excluding carboxylic acids is 1. The number of sulfonamides is 1. The maximum atomic E-state index is 12.5. The van der Waals surface area contributed by atoms with Gasteiger partial charge in [-0.05, 0) is 43.7 Å². The molecule has 0 saturated carbocycles. The first kappa shape index (κ1) is 22.1. The molecular formula is C19H24N2O5S2. The predicted octanol–water partition coefficient (Wildman–Crippen LogP) is 2.05. The number of rotatable bonds is 7. The van der Waals surface area contributed by atoms with Gasteiger partial charge in [0.05, 0.1) is 15.4 Å². The molecule has 0 aliphatic rings. The summed E-state index contributed by atoms with van der Waals surface area (Å²) < 4.78 is 49.9. The maximum absolute atomic E-state index is 12.5. The van der Waals surface area contributed by atoms with Crippen LogP contribution < -0.4 is 5.32 Å². The highest BCUT2D eigenvalue weighted by Crippen LogP contribution is 2.18. The Balaban J connectivity index is 2.14. The minimum absolute atomic E-state index is 0.0364. The van der Waals surface area contributed by atoms with Crippen molar-refractivity contribution in [2.45, 2.75) is 36.2 Å². The van der Waals surface area contributed by atoms with Gasteiger partial charge in [-0.15, -0.1) is 0 Å². The SMILES string of the molecule is CC(C)N(C)S(=O)(=O)c1ccc(CNC(=O)c2ccccc2S(C)(=O)=O)cc1. The summed E-state index contributed by atoms with van der Waals surface area (Å²) in [7, 11) is -5.58. The van der Waals surface area contributed by atoms with Crippen molar-refractivity contribution < 1.29 is 21.6 Å². The maximum Gasteiger partial charge on any atom is 0.252 e. The average molecular weight is 425 g/mol. The van der Waals surface area contributed by atoms with Crippen molar-refractivity contribution in [2.75, 3.05) is 13.3 Å². The van der Waals surface area contributed by atoms with Gasteiger partial charge < -0.3 is 5.32 Å². The molecule has 2 rings (SSSR count). The Morgan fingerprint density at radius 1 is 1.00 bits per heavy atom. The highest BCUT2D eigenvalue weighted by Gasteiger charge is 2.23. The molecule has 0 heterocycles. The molecule has 0 unspecified atom stereocenters. The summed E-state index contributed by atoms with van der Waals surface area (Å²) in [4.78, 5) is 12.5. The Kier molecular flexibility index (Phi) is 6.63. The predicted molar refractivity (Wildman–Crippen MR) is 107 cm³/mol. The van der Waals surface area contributed by atoms with E-state index in [9.17, 15) is 21.6 Å². The molecule has 28 heavy (non-hydrogen) atoms. The lowest BCUT2D eigenvalue weighted by atomic mass is 10.2. The molecule has 9 heteroatoms. The number of nitrogens with one attached hydrogen (secondary N) is 1. The van der Waals surface area contributed by atoms with Gasteiger partial charge in [0.2, 0.25) is 10.0 Å². The van der Waals surface area contributed by atoms with Crippen LogP contribution in [0.3, 0.4) is 0 Å². The number of nitrogens with zero attached hydrogens (tertiary/aromatic N) is 1. The Bertz CT molecular complexity index is 1060. The minimum atomic E-state index is -3.57. The van der Waals surface area contributed by atoms with E-state index >= 15 is 0 Å². The standard InChI is InChI=1S/C19H24N2O5S2/c1-14(2)21(3)28(25,26)16-11-9-15(10-12-16)13-20-19(22)17-7-5-6-8-18(17)27(4,23)24/h5-12,14H,13H2,1-4H3,(H,20,22). The first-order valence-corrected chi connectivity index (χ1v) is 11.9. The lowest BCUT2D eigenvalue weighted by molar-refractivity contribution is 0.0947. The van der Waals surface area contributed by atoms with Gasteiger partial charge >= 0.3 is 0 Å². The smallest absolute Gasteiger partial charge is 0.252 e. The zero-order chi connectivity index (χ0) is 21.1. The van der Waals surface area contributed by atoms with Crippen molar-refractivity contribution >= 4 is 25.8 Å². The largest absolute Gasteiger partial charge is 0.348 e. The molecule has 0 fully saturated rings. The second-order valence-electron chi connectivity index (χ2n) is 6.71. The van der Waals surface area contributed by atoms with Crippen LogP contribution in [0, 0.1) is 0 Å². The van der Waals surface area contributed by atoms with Crippen LogP contribution in [-0.2, 0) is 26.4 Å². The molecule has 0 bridgehead atoms. The molecule has 0 radical (unpaired) electrons. The van der Waals surface area contributed by atoms with E-state index < -0.39 is 25.8 Å². The third-order valence-corrected chi connectivity index (χ3v) is 7.51. The molecule has 0 aliphatic carbocycles. The van der Waals surface area contributed by atoms with Gasteiger partial charge in [0.15, 0.2) is 9.84 Å². The molecule has 1 amide bonds. The van der Waals surface area contributed by atoms with Crippen molar-refractivity contribution in [3.05, 3.63) is 59.7 Å². The second-order valence-corrected chi connectivity index (χ2v) is 10.7. The van der Waals surface area contributed by atoms with Gasteiger partial charge in [-0.25, -0.2) is 16.8 Å². The van der Waals surface area contributed by atoms with Gasteiger partial charge in [-0.2, -0.15) is 4.31 Å². The molecule has 0 atom stereocenters. The summed E-state index contributed by atoms with van der Waals surface area (Å²) in [5, 5.41) is 2.66. The summed E-state index contributed by atoms with van der Waals surface area (Å²) >= 11 is 0. The van der Waals surface area contributed by atoms with Gasteiger partial charge in [0, 0.05) is 25.9 Å². The normalized spacial score (nSPS) is 12.4. The van der Waals surface area contributed by atoms with Crippen LogP contribution in [-0.4, -0.2) is 46.4 Å². The van der Waals surface area contributed by atoms with Crippen LogP contribution in [0.15, 0.2) is 58.3 Å². The monoisotopic (exact) mass is 424 g/mol. The number of hydrogen-bond donors (Lipinski definition) is 1. The van der Waals surface area contributed by atoms with Crippen molar-refractivity contribution in [1.29, 1.82) is 0 Å². The molecule has 0 spiro atoms. The Morgan fingerprint density at radius 2 is 1.57 bits per heavy atom. The average Bonchev–Trinajstić information content (AvgIpc) is 2.65. The van der Waals surface area contributed by atoms with Gasteiger partial charge in [-0.1, -0.05) is 24.3 Å². The van der Waals surface area contributed by atoms with Crippen LogP contribution in [0.5, 0.6) is 0 Å². The van der Waals surface area contributed by atoms with Crippen LogP contribution in [0.25, 0.3) is 0 Å². The van der Waals surface area contributed by atoms with Gasteiger partial charge in [-0.3, -0.25) is 4.79 Å². The van der Waals surface area contributed by atoms with Gasteiger partial charge in [0.1, 0.15) is 0 Å². The van der Waals surface area contributed by atoms with Crippen LogP contribution in [0.1, 0.15) is 29.8 Å². The van der Waals surface area contributed by atoms with E-state index in [1.54, 1.807) is 38.1 Å². The molecule has 2 aromatic rings. The number of benzene rings is 2. The first-order chi connectivity index (χ1) is 12.9. The highest BCUT2D eigenvalue weighted by atomic mass is 32.2. The second kappa shape index (κ2) is 8.42. The summed E-state index contributed by atoms with van der Waals surface area (Å²) in [6.07, 6.45) is 1.05. The molecule has 152 valence electrons. The molecule has 0 saturated heterocycles. The molecule has 2 aromatic carbocycles. The van der Waals surface area contributed by atoms with E-state index in [1.807, 2.05) is 0 Å². The third kappa shape index (κ3) is 4.98. The van der Waals surface area contributed by atoms with Crippen LogP contribution >= 0.6 is 0 Å². The van der Waals surface area contributed by atoms with Crippen molar-refractivity contribution in [2.24, 2.45) is 0 Å². The van der Waals surface area contributed by atoms with Crippen molar-refractivity contribution in [3.63, 3.8) is 0 Å². The minimum Gasteiger partial charge on any atom is -0.348 e. The Hall–Kier alpha value is -2.23. The molecule has 1 N–H and O–H groups in total. The Morgan fingerprint density at radius 3 is 2.11 bits per heavy atom. The molecule has 0 aliphatic heterocycles. The van der Waals surface area contributed by atoms with Crippen LogP contribution in [0.4, 0.5) is 0 Å². The Labute approximate surface area is 166 Å². The quantitative estimate of drug-likeness (QED) is 0.733. The third-order valence-electron chi connectivity index (χ3n) is 4.31. The van der Waals surface area contributed by atoms with Crippen molar-refractivity contribution in [3.8, 4) is 0 Å². The fourth-order valence-electron chi connectivity index (χ4n) is 2.48. The zero-order valence-electron chi connectivity index (χ0n) is 16.2. The van der Waals surface area contributed by atoms with E-state index in [4.69, 9.17) is 0 Å². The number of amides is 1. The van der Waals surface area contributed by atoms with E-state index in [2.05, 4.69) is 5.32 Å². The molecular weight excluding hydrogens is 400 g/mol. The lowest BCUT2D eigenvalue weighted by Gasteiger charge is -2.21. The van der Waals surface area contributed by atoms with E-state index in [0.717, 1.165) is 6.26 Å². The summed E-state index contributed by atoms with van der Waals surface area (Å²) in [6.45, 7) is 3.71. The van der Waals surface area contributed by atoms with Gasteiger partial charge in [0.25, 0.3) is 5.91 Å². The summed E-state index contributed by atoms with van der Waals surface area (Å²) in [5.74, 6) is -0.516. The first-order valence-electron chi connectivity index (χ1n) is 8.59. The van der Waals surface area contributed by atoms with E-state index in [1.165, 1.54) is 35.6 Å². The zero-order valence-corrected chi connectivity index (χ0v) is 17.8. The van der Waals surface area contributed by atoms with Crippen LogP contribution in [0.2, 0.25) is 0 Å². The number of hydrogen-bond acceptors (Lipinski definition) is 5. The molecule has 7 nitrogen and oxygen atoms in total. The fraction of sp³-hybridized carbons (Fsp3) is 0.316. The number of carbonyl (C=O) groups is 1. The lowest BCUT2D eigenvalue weighted by Crippen LogP contribution is -2.33. The van der Waals surface area contributed by atoms with Crippen molar-refractivity contribution in [1.82, 2.24) is 9.62 Å². The molecule has 0 aromatic heterocycles. The summed E-state index contributed by atoms with van der Waals surface area (Å²) in [5.41, 5.74) is 0.763. The fourth-order valence-corrected chi connectivity index (χ4v) is 4.73. The van der Waals surface area contributed by atoms with E-state index in [-0.39, 0.29) is 27.9 Å². The summed E-state index contributed by atoms with van der Waals surface area (Å²) in [6, 6.07) is 12.0. The van der Waals surface area contributed by atoms with E-state index in [0.29, 0.717) is 5.56 Å². The topological polar surface area (TPSA) is 101 Å². The number of sulfone groups is 1.